The van der Waals surface area contributed by atoms with Gasteiger partial charge in [-0.15, -0.1) is 0 Å². The Labute approximate surface area is 120 Å². The zero-order valence-corrected chi connectivity index (χ0v) is 12.6. The summed E-state index contributed by atoms with van der Waals surface area (Å²) in [5.41, 5.74) is 0. The Balaban J connectivity index is 2.09. The molecule has 112 valence electrons. The molecule has 0 spiro atoms. The number of sulfonamides is 1. The fourth-order valence-electron chi connectivity index (χ4n) is 2.44. The van der Waals surface area contributed by atoms with E-state index in [1.165, 1.54) is 6.20 Å². The van der Waals surface area contributed by atoms with Crippen LogP contribution >= 0.6 is 0 Å². The molecule has 0 radical (unpaired) electrons. The van der Waals surface area contributed by atoms with Gasteiger partial charge in [-0.05, 0) is 38.3 Å². The molecule has 1 fully saturated rings. The number of anilines is 1. The third-order valence-electron chi connectivity index (χ3n) is 3.47. The van der Waals surface area contributed by atoms with E-state index in [0.717, 1.165) is 25.8 Å². The van der Waals surface area contributed by atoms with Crippen molar-refractivity contribution in [3.05, 3.63) is 18.3 Å². The van der Waals surface area contributed by atoms with Gasteiger partial charge in [-0.25, -0.2) is 18.1 Å². The first kappa shape index (κ1) is 15.2. The van der Waals surface area contributed by atoms with Crippen LogP contribution in [0.5, 0.6) is 0 Å². The number of methoxy groups -OCH3 is 1. The lowest BCUT2D eigenvalue weighted by Gasteiger charge is -2.19. The van der Waals surface area contributed by atoms with E-state index in [0.29, 0.717) is 5.82 Å². The van der Waals surface area contributed by atoms with Gasteiger partial charge in [0.25, 0.3) is 0 Å². The van der Waals surface area contributed by atoms with Crippen molar-refractivity contribution >= 4 is 15.8 Å². The Bertz CT molecular complexity index is 530. The number of nitrogens with zero attached hydrogens (tertiary/aromatic N) is 1. The number of hydrogen-bond acceptors (Lipinski definition) is 5. The highest BCUT2D eigenvalue weighted by molar-refractivity contribution is 7.89. The number of rotatable bonds is 6. The third kappa shape index (κ3) is 3.47. The monoisotopic (exact) mass is 299 g/mol. The summed E-state index contributed by atoms with van der Waals surface area (Å²) >= 11 is 0. The van der Waals surface area contributed by atoms with E-state index in [-0.39, 0.29) is 17.0 Å². The molecule has 2 rings (SSSR count). The van der Waals surface area contributed by atoms with Crippen LogP contribution in [0.1, 0.15) is 26.2 Å². The molecule has 0 amide bonds. The Hall–Kier alpha value is -1.18. The Kier molecular flexibility index (Phi) is 4.95. The van der Waals surface area contributed by atoms with Crippen LogP contribution in [0.4, 0.5) is 5.82 Å². The molecule has 2 unspecified atom stereocenters. The first-order valence-electron chi connectivity index (χ1n) is 6.82. The van der Waals surface area contributed by atoms with Gasteiger partial charge in [0.05, 0.1) is 6.10 Å². The summed E-state index contributed by atoms with van der Waals surface area (Å²) in [5, 5.41) is 3.03. The molecule has 1 heterocycles. The second-order valence-electron chi connectivity index (χ2n) is 4.84. The van der Waals surface area contributed by atoms with Crippen molar-refractivity contribution in [2.45, 2.75) is 43.2 Å². The molecule has 0 aromatic carbocycles. The minimum Gasteiger partial charge on any atom is -0.380 e. The van der Waals surface area contributed by atoms with Crippen molar-refractivity contribution in [3.8, 4) is 0 Å². The van der Waals surface area contributed by atoms with Crippen molar-refractivity contribution in [2.75, 3.05) is 19.0 Å². The van der Waals surface area contributed by atoms with Gasteiger partial charge in [-0.3, -0.25) is 0 Å². The topological polar surface area (TPSA) is 80.3 Å². The minimum absolute atomic E-state index is 0.0428. The van der Waals surface area contributed by atoms with Crippen LogP contribution in [-0.2, 0) is 14.8 Å². The number of hydrogen-bond donors (Lipinski definition) is 2. The fourth-order valence-corrected chi connectivity index (χ4v) is 3.68. The summed E-state index contributed by atoms with van der Waals surface area (Å²) in [6.07, 6.45) is 4.00. The average Bonchev–Trinajstić information content (AvgIpc) is 2.86. The zero-order valence-electron chi connectivity index (χ0n) is 11.8. The quantitative estimate of drug-likeness (QED) is 0.829. The smallest absolute Gasteiger partial charge is 0.242 e. The first-order valence-corrected chi connectivity index (χ1v) is 8.30. The predicted molar refractivity (Wildman–Crippen MR) is 77.2 cm³/mol. The minimum atomic E-state index is -3.54. The molecule has 6 nitrogen and oxygen atoms in total. The molecule has 2 N–H and O–H groups in total. The number of pyridine rings is 1. The van der Waals surface area contributed by atoms with Crippen LogP contribution in [0, 0.1) is 0 Å². The largest absolute Gasteiger partial charge is 0.380 e. The molecule has 20 heavy (non-hydrogen) atoms. The van der Waals surface area contributed by atoms with Gasteiger partial charge in [0.1, 0.15) is 10.7 Å². The van der Waals surface area contributed by atoms with Gasteiger partial charge >= 0.3 is 0 Å². The van der Waals surface area contributed by atoms with E-state index in [2.05, 4.69) is 15.0 Å². The number of aromatic nitrogens is 1. The van der Waals surface area contributed by atoms with E-state index < -0.39 is 10.0 Å². The van der Waals surface area contributed by atoms with Crippen molar-refractivity contribution in [1.29, 1.82) is 0 Å². The van der Waals surface area contributed by atoms with E-state index in [9.17, 15) is 8.42 Å². The fraction of sp³-hybridized carbons (Fsp3) is 0.615. The molecule has 2 atom stereocenters. The van der Waals surface area contributed by atoms with Gasteiger partial charge in [-0.2, -0.15) is 0 Å². The molecular weight excluding hydrogens is 278 g/mol. The lowest BCUT2D eigenvalue weighted by molar-refractivity contribution is 0.0916. The van der Waals surface area contributed by atoms with Crippen molar-refractivity contribution in [2.24, 2.45) is 0 Å². The molecule has 1 aliphatic rings. The maximum atomic E-state index is 12.3. The number of ether oxygens (including phenoxy) is 1. The van der Waals surface area contributed by atoms with Crippen molar-refractivity contribution in [1.82, 2.24) is 9.71 Å². The molecular formula is C13H21N3O3S. The Morgan fingerprint density at radius 1 is 1.40 bits per heavy atom. The van der Waals surface area contributed by atoms with E-state index in [1.54, 1.807) is 19.2 Å². The maximum absolute atomic E-state index is 12.3. The van der Waals surface area contributed by atoms with Crippen LogP contribution in [0.25, 0.3) is 0 Å². The Morgan fingerprint density at radius 3 is 2.80 bits per heavy atom. The Morgan fingerprint density at radius 2 is 2.20 bits per heavy atom. The summed E-state index contributed by atoms with van der Waals surface area (Å²) < 4.78 is 32.6. The predicted octanol–water partition coefficient (Wildman–Crippen LogP) is 1.36. The molecule has 1 aromatic heterocycles. The lowest BCUT2D eigenvalue weighted by atomic mass is 10.2. The van der Waals surface area contributed by atoms with Gasteiger partial charge in [0.2, 0.25) is 10.0 Å². The number of nitrogens with one attached hydrogen (secondary N) is 2. The van der Waals surface area contributed by atoms with Gasteiger partial charge < -0.3 is 10.1 Å². The highest BCUT2D eigenvalue weighted by Gasteiger charge is 2.31. The summed E-state index contributed by atoms with van der Waals surface area (Å²) in [7, 11) is -1.92. The molecule has 1 aliphatic carbocycles. The average molecular weight is 299 g/mol. The molecule has 1 aromatic rings. The molecule has 1 saturated carbocycles. The standard InChI is InChI=1S/C13H21N3O3S/c1-3-14-13-8-7-10(9-15-13)20(17,18)16-11-5-4-6-12(11)19-2/h7-9,11-12,16H,3-6H2,1-2H3,(H,14,15). The van der Waals surface area contributed by atoms with Gasteiger partial charge in [0.15, 0.2) is 0 Å². The van der Waals surface area contributed by atoms with Crippen LogP contribution in [-0.4, -0.2) is 39.2 Å². The first-order chi connectivity index (χ1) is 9.56. The highest BCUT2D eigenvalue weighted by Crippen LogP contribution is 2.23. The molecule has 0 aliphatic heterocycles. The van der Waals surface area contributed by atoms with Crippen LogP contribution in [0.3, 0.4) is 0 Å². The summed E-state index contributed by atoms with van der Waals surface area (Å²) in [6, 6.07) is 3.07. The van der Waals surface area contributed by atoms with E-state index in [4.69, 9.17) is 4.74 Å². The molecule has 0 saturated heterocycles. The second kappa shape index (κ2) is 6.51. The van der Waals surface area contributed by atoms with Gasteiger partial charge in [0, 0.05) is 25.9 Å². The lowest BCUT2D eigenvalue weighted by Crippen LogP contribution is -2.40. The second-order valence-corrected chi connectivity index (χ2v) is 6.56. The van der Waals surface area contributed by atoms with Crippen molar-refractivity contribution in [3.63, 3.8) is 0 Å². The van der Waals surface area contributed by atoms with Crippen LogP contribution < -0.4 is 10.0 Å². The normalized spacial score (nSPS) is 22.9. The third-order valence-corrected chi connectivity index (χ3v) is 4.94. The van der Waals surface area contributed by atoms with Crippen molar-refractivity contribution < 1.29 is 13.2 Å². The SMILES string of the molecule is CCNc1ccc(S(=O)(=O)NC2CCCC2OC)cn1. The zero-order chi connectivity index (χ0) is 14.6. The maximum Gasteiger partial charge on any atom is 0.242 e. The van der Waals surface area contributed by atoms with E-state index in [1.807, 2.05) is 6.92 Å². The summed E-state index contributed by atoms with van der Waals surface area (Å²) in [4.78, 5) is 4.27. The van der Waals surface area contributed by atoms with Crippen LogP contribution in [0.2, 0.25) is 0 Å². The van der Waals surface area contributed by atoms with Crippen LogP contribution in [0.15, 0.2) is 23.2 Å². The summed E-state index contributed by atoms with van der Waals surface area (Å²) in [6.45, 7) is 2.70. The highest BCUT2D eigenvalue weighted by atomic mass is 32.2. The van der Waals surface area contributed by atoms with Gasteiger partial charge in [-0.1, -0.05) is 0 Å². The summed E-state index contributed by atoms with van der Waals surface area (Å²) in [5.74, 6) is 0.669. The molecule has 7 heteroatoms. The van der Waals surface area contributed by atoms with E-state index >= 15 is 0 Å². The molecule has 0 bridgehead atoms.